The van der Waals surface area contributed by atoms with Crippen LogP contribution in [0.1, 0.15) is 5.69 Å². The van der Waals surface area contributed by atoms with Crippen molar-refractivity contribution in [2.24, 2.45) is 5.11 Å². The lowest BCUT2D eigenvalue weighted by molar-refractivity contribution is 0.676. The van der Waals surface area contributed by atoms with Crippen molar-refractivity contribution in [1.29, 1.82) is 0 Å². The molecular formula is C6H8N4OS. The lowest BCUT2D eigenvalue weighted by atomic mass is 10.5. The van der Waals surface area contributed by atoms with Crippen molar-refractivity contribution in [3.05, 3.63) is 31.2 Å². The number of thiazole rings is 1. The molecule has 0 radical (unpaired) electrons. The van der Waals surface area contributed by atoms with Gasteiger partial charge in [-0.15, -0.1) is 0 Å². The molecule has 0 saturated carbocycles. The van der Waals surface area contributed by atoms with E-state index >= 15 is 0 Å². The van der Waals surface area contributed by atoms with Crippen LogP contribution in [0.15, 0.2) is 15.3 Å². The Balaban J connectivity index is 2.74. The van der Waals surface area contributed by atoms with E-state index in [0.717, 1.165) is 17.0 Å². The summed E-state index contributed by atoms with van der Waals surface area (Å²) in [5.74, 6) is 0. The van der Waals surface area contributed by atoms with Gasteiger partial charge in [-0.25, -0.2) is 0 Å². The number of hydrogen-bond acceptors (Lipinski definition) is 3. The van der Waals surface area contributed by atoms with E-state index in [4.69, 9.17) is 5.53 Å². The molecule has 64 valence electrons. The summed E-state index contributed by atoms with van der Waals surface area (Å²) < 4.78 is 1.60. The quantitative estimate of drug-likeness (QED) is 0.399. The van der Waals surface area contributed by atoms with E-state index in [2.05, 4.69) is 10.0 Å². The fourth-order valence-electron chi connectivity index (χ4n) is 0.864. The van der Waals surface area contributed by atoms with Crippen molar-refractivity contribution in [2.75, 3.05) is 6.54 Å². The fourth-order valence-corrected chi connectivity index (χ4v) is 1.63. The minimum absolute atomic E-state index is 0.000592. The highest BCUT2D eigenvalue weighted by Crippen LogP contribution is 1.98. The summed E-state index contributed by atoms with van der Waals surface area (Å²) in [6.07, 6.45) is 0. The normalized spacial score (nSPS) is 9.42. The molecule has 1 rings (SSSR count). The SMILES string of the molecule is Cc1csc(=O)n1CCN=[N+]=[N-]. The predicted molar refractivity (Wildman–Crippen MR) is 47.3 cm³/mol. The minimum Gasteiger partial charge on any atom is -0.303 e. The monoisotopic (exact) mass is 184 g/mol. The molecule has 0 atom stereocenters. The number of azide groups is 1. The van der Waals surface area contributed by atoms with Crippen LogP contribution < -0.4 is 4.87 Å². The maximum Gasteiger partial charge on any atom is 0.307 e. The molecule has 1 aromatic rings. The third kappa shape index (κ3) is 1.87. The molecule has 0 unspecified atom stereocenters. The number of aryl methyl sites for hydroxylation is 1. The Morgan fingerprint density at radius 3 is 3.08 bits per heavy atom. The Bertz CT molecular complexity index is 360. The standard InChI is InChI=1S/C6H8N4OS/c1-5-4-12-6(11)10(5)3-2-8-9-7/h4H,2-3H2,1H3. The molecule has 0 N–H and O–H groups in total. The van der Waals surface area contributed by atoms with E-state index < -0.39 is 0 Å². The Hall–Kier alpha value is -1.26. The van der Waals surface area contributed by atoms with Crippen LogP contribution in [0.3, 0.4) is 0 Å². The number of rotatable bonds is 3. The second-order valence-corrected chi connectivity index (χ2v) is 3.07. The molecule has 0 aliphatic heterocycles. The van der Waals surface area contributed by atoms with Crippen LogP contribution in [0.4, 0.5) is 0 Å². The highest BCUT2D eigenvalue weighted by Gasteiger charge is 1.99. The van der Waals surface area contributed by atoms with Crippen LogP contribution in [0.2, 0.25) is 0 Å². The van der Waals surface area contributed by atoms with E-state index in [9.17, 15) is 4.79 Å². The highest BCUT2D eigenvalue weighted by atomic mass is 32.1. The molecule has 0 aliphatic rings. The van der Waals surface area contributed by atoms with Gasteiger partial charge in [-0.05, 0) is 12.5 Å². The first-order valence-electron chi connectivity index (χ1n) is 3.41. The van der Waals surface area contributed by atoms with E-state index in [0.29, 0.717) is 13.1 Å². The summed E-state index contributed by atoms with van der Waals surface area (Å²) in [5.41, 5.74) is 8.92. The minimum atomic E-state index is 0.000592. The Kier molecular flexibility index (Phi) is 2.90. The highest BCUT2D eigenvalue weighted by molar-refractivity contribution is 7.07. The molecular weight excluding hydrogens is 176 g/mol. The fraction of sp³-hybridized carbons (Fsp3) is 0.500. The van der Waals surface area contributed by atoms with Crippen molar-refractivity contribution in [1.82, 2.24) is 4.57 Å². The second kappa shape index (κ2) is 3.94. The van der Waals surface area contributed by atoms with Gasteiger partial charge in [0.15, 0.2) is 0 Å². The lowest BCUT2D eigenvalue weighted by Crippen LogP contribution is -2.15. The van der Waals surface area contributed by atoms with Crippen molar-refractivity contribution in [3.63, 3.8) is 0 Å². The molecule has 0 aromatic carbocycles. The average molecular weight is 184 g/mol. The van der Waals surface area contributed by atoms with Crippen LogP contribution in [0.5, 0.6) is 0 Å². The van der Waals surface area contributed by atoms with Crippen LogP contribution in [-0.4, -0.2) is 11.1 Å². The molecule has 0 spiro atoms. The van der Waals surface area contributed by atoms with Crippen LogP contribution >= 0.6 is 11.3 Å². The molecule has 0 aliphatic carbocycles. The molecule has 1 heterocycles. The van der Waals surface area contributed by atoms with Gasteiger partial charge in [0, 0.05) is 29.1 Å². The summed E-state index contributed by atoms with van der Waals surface area (Å²) in [6, 6.07) is 0. The molecule has 0 amide bonds. The first kappa shape index (κ1) is 8.83. The van der Waals surface area contributed by atoms with Gasteiger partial charge in [-0.3, -0.25) is 4.79 Å². The van der Waals surface area contributed by atoms with Gasteiger partial charge in [0.05, 0.1) is 0 Å². The van der Waals surface area contributed by atoms with Crippen molar-refractivity contribution in [2.45, 2.75) is 13.5 Å². The van der Waals surface area contributed by atoms with E-state index in [1.807, 2.05) is 6.92 Å². The smallest absolute Gasteiger partial charge is 0.303 e. The molecule has 6 heteroatoms. The number of aromatic nitrogens is 1. The molecule has 0 saturated heterocycles. The van der Waals surface area contributed by atoms with Gasteiger partial charge in [0.25, 0.3) is 0 Å². The molecule has 0 bridgehead atoms. The van der Waals surface area contributed by atoms with E-state index in [1.54, 1.807) is 9.95 Å². The first-order chi connectivity index (χ1) is 5.75. The average Bonchev–Trinajstić information content (AvgIpc) is 2.35. The maximum absolute atomic E-state index is 11.1. The summed E-state index contributed by atoms with van der Waals surface area (Å²) in [7, 11) is 0. The summed E-state index contributed by atoms with van der Waals surface area (Å²) in [5, 5.41) is 5.14. The number of hydrogen-bond donors (Lipinski definition) is 0. The van der Waals surface area contributed by atoms with Crippen LogP contribution in [0.25, 0.3) is 10.4 Å². The predicted octanol–water partition coefficient (Wildman–Crippen LogP) is 1.53. The summed E-state index contributed by atoms with van der Waals surface area (Å²) in [4.78, 5) is 13.7. The van der Waals surface area contributed by atoms with Gasteiger partial charge in [0.1, 0.15) is 0 Å². The first-order valence-corrected chi connectivity index (χ1v) is 4.29. The van der Waals surface area contributed by atoms with E-state index in [-0.39, 0.29) is 4.87 Å². The Morgan fingerprint density at radius 1 is 1.83 bits per heavy atom. The van der Waals surface area contributed by atoms with E-state index in [1.165, 1.54) is 0 Å². The van der Waals surface area contributed by atoms with Gasteiger partial charge in [-0.2, -0.15) is 0 Å². The van der Waals surface area contributed by atoms with Crippen molar-refractivity contribution in [3.8, 4) is 0 Å². The molecule has 0 fully saturated rings. The maximum atomic E-state index is 11.1. The summed E-state index contributed by atoms with van der Waals surface area (Å²) in [6.45, 7) is 2.65. The van der Waals surface area contributed by atoms with Crippen molar-refractivity contribution < 1.29 is 0 Å². The van der Waals surface area contributed by atoms with Gasteiger partial charge < -0.3 is 4.57 Å². The van der Waals surface area contributed by atoms with Crippen LogP contribution in [0, 0.1) is 6.92 Å². The van der Waals surface area contributed by atoms with Gasteiger partial charge >= 0.3 is 4.87 Å². The zero-order valence-corrected chi connectivity index (χ0v) is 7.41. The van der Waals surface area contributed by atoms with Gasteiger partial charge in [-0.1, -0.05) is 16.5 Å². The molecule has 12 heavy (non-hydrogen) atoms. The number of nitrogens with zero attached hydrogens (tertiary/aromatic N) is 4. The largest absolute Gasteiger partial charge is 0.307 e. The lowest BCUT2D eigenvalue weighted by Gasteiger charge is -1.98. The Morgan fingerprint density at radius 2 is 2.58 bits per heavy atom. The zero-order chi connectivity index (χ0) is 8.97. The third-order valence-electron chi connectivity index (χ3n) is 1.46. The van der Waals surface area contributed by atoms with Gasteiger partial charge in [0.2, 0.25) is 0 Å². The molecule has 1 aromatic heterocycles. The zero-order valence-electron chi connectivity index (χ0n) is 6.60. The third-order valence-corrected chi connectivity index (χ3v) is 2.34. The topological polar surface area (TPSA) is 70.8 Å². The second-order valence-electron chi connectivity index (χ2n) is 2.25. The molecule has 5 nitrogen and oxygen atoms in total. The Labute approximate surface area is 72.9 Å². The van der Waals surface area contributed by atoms with Crippen LogP contribution in [-0.2, 0) is 6.54 Å². The summed E-state index contributed by atoms with van der Waals surface area (Å²) >= 11 is 1.16. The van der Waals surface area contributed by atoms with Crippen molar-refractivity contribution >= 4 is 11.3 Å².